The van der Waals surface area contributed by atoms with Crippen molar-refractivity contribution in [3.63, 3.8) is 0 Å². The number of aliphatic hydroxyl groups is 1. The van der Waals surface area contributed by atoms with Gasteiger partial charge in [-0.2, -0.15) is 0 Å². The minimum absolute atomic E-state index is 0.130. The summed E-state index contributed by atoms with van der Waals surface area (Å²) in [7, 11) is 0. The van der Waals surface area contributed by atoms with Gasteiger partial charge in [-0.05, 0) is 48.5 Å². The summed E-state index contributed by atoms with van der Waals surface area (Å²) in [5, 5.41) is 9.80. The predicted molar refractivity (Wildman–Crippen MR) is 69.0 cm³/mol. The van der Waals surface area contributed by atoms with Gasteiger partial charge < -0.3 is 10.0 Å². The lowest BCUT2D eigenvalue weighted by Gasteiger charge is -2.38. The Kier molecular flexibility index (Phi) is 2.83. The summed E-state index contributed by atoms with van der Waals surface area (Å²) in [6.07, 6.45) is 3.95. The summed E-state index contributed by atoms with van der Waals surface area (Å²) in [5.41, 5.74) is 0. The van der Waals surface area contributed by atoms with E-state index in [1.165, 1.54) is 12.8 Å². The van der Waals surface area contributed by atoms with Crippen molar-refractivity contribution in [3.05, 3.63) is 16.5 Å². The van der Waals surface area contributed by atoms with Gasteiger partial charge in [0.2, 0.25) is 0 Å². The van der Waals surface area contributed by atoms with E-state index < -0.39 is 0 Å². The number of aryl methyl sites for hydroxylation is 1. The van der Waals surface area contributed by atoms with Crippen LogP contribution in [0.4, 0.5) is 5.82 Å². The highest BCUT2D eigenvalue weighted by molar-refractivity contribution is 9.10. The standard InChI is InChI=1S/C12H16BrN3O/c1-7-14-11(13)6-12(15-7)16-8-2-3-9(16)5-10(17)4-8/h6,8-10,17H,2-5H2,1H3. The van der Waals surface area contributed by atoms with Crippen molar-refractivity contribution >= 4 is 21.7 Å². The summed E-state index contributed by atoms with van der Waals surface area (Å²) in [5.74, 6) is 1.80. The van der Waals surface area contributed by atoms with Crippen LogP contribution in [0.5, 0.6) is 0 Å². The fourth-order valence-electron chi connectivity index (χ4n) is 3.17. The third kappa shape index (κ3) is 2.06. The highest BCUT2D eigenvalue weighted by Crippen LogP contribution is 2.38. The van der Waals surface area contributed by atoms with E-state index in [-0.39, 0.29) is 6.10 Å². The second-order valence-electron chi connectivity index (χ2n) is 5.01. The van der Waals surface area contributed by atoms with Gasteiger partial charge in [0.05, 0.1) is 6.10 Å². The summed E-state index contributed by atoms with van der Waals surface area (Å²) in [6, 6.07) is 2.88. The molecule has 17 heavy (non-hydrogen) atoms. The van der Waals surface area contributed by atoms with Crippen molar-refractivity contribution in [2.75, 3.05) is 4.90 Å². The Balaban J connectivity index is 1.94. The van der Waals surface area contributed by atoms with Crippen molar-refractivity contribution < 1.29 is 5.11 Å². The van der Waals surface area contributed by atoms with Crippen LogP contribution < -0.4 is 4.90 Å². The van der Waals surface area contributed by atoms with Crippen molar-refractivity contribution in [2.45, 2.75) is 50.8 Å². The number of aliphatic hydroxyl groups excluding tert-OH is 1. The first-order valence-corrected chi connectivity index (χ1v) is 6.90. The van der Waals surface area contributed by atoms with Gasteiger partial charge in [0, 0.05) is 18.2 Å². The maximum Gasteiger partial charge on any atom is 0.133 e. The molecule has 1 aromatic heterocycles. The Labute approximate surface area is 109 Å². The van der Waals surface area contributed by atoms with Crippen LogP contribution in [0.1, 0.15) is 31.5 Å². The molecular formula is C12H16BrN3O. The largest absolute Gasteiger partial charge is 0.393 e. The highest BCUT2D eigenvalue weighted by Gasteiger charge is 2.40. The number of rotatable bonds is 1. The second-order valence-corrected chi connectivity index (χ2v) is 5.83. The van der Waals surface area contributed by atoms with Gasteiger partial charge in [0.15, 0.2) is 0 Å². The van der Waals surface area contributed by atoms with E-state index >= 15 is 0 Å². The third-order valence-electron chi connectivity index (χ3n) is 3.77. The summed E-state index contributed by atoms with van der Waals surface area (Å²) in [6.45, 7) is 1.91. The number of nitrogens with zero attached hydrogens (tertiary/aromatic N) is 3. The lowest BCUT2D eigenvalue weighted by atomic mass is 10.00. The Morgan fingerprint density at radius 2 is 1.94 bits per heavy atom. The van der Waals surface area contributed by atoms with Gasteiger partial charge in [-0.25, -0.2) is 9.97 Å². The number of aromatic nitrogens is 2. The molecule has 2 aliphatic heterocycles. The number of halogens is 1. The number of hydrogen-bond donors (Lipinski definition) is 1. The van der Waals surface area contributed by atoms with Crippen molar-refractivity contribution in [1.29, 1.82) is 0 Å². The molecule has 0 aromatic carbocycles. The Morgan fingerprint density at radius 3 is 2.53 bits per heavy atom. The molecule has 2 fully saturated rings. The molecule has 2 atom stereocenters. The molecule has 1 N–H and O–H groups in total. The molecule has 0 radical (unpaired) electrons. The normalized spacial score (nSPS) is 31.9. The van der Waals surface area contributed by atoms with E-state index in [1.807, 2.05) is 13.0 Å². The summed E-state index contributed by atoms with van der Waals surface area (Å²) in [4.78, 5) is 11.2. The molecule has 2 aliphatic rings. The maximum absolute atomic E-state index is 9.80. The molecule has 5 heteroatoms. The predicted octanol–water partition coefficient (Wildman–Crippen LogP) is 2.04. The zero-order valence-corrected chi connectivity index (χ0v) is 11.4. The van der Waals surface area contributed by atoms with Crippen LogP contribution in [0.25, 0.3) is 0 Å². The van der Waals surface area contributed by atoms with Gasteiger partial charge in [-0.1, -0.05) is 0 Å². The van der Waals surface area contributed by atoms with E-state index in [0.717, 1.165) is 29.1 Å². The monoisotopic (exact) mass is 297 g/mol. The Bertz CT molecular complexity index is 406. The molecule has 2 saturated heterocycles. The van der Waals surface area contributed by atoms with Crippen LogP contribution >= 0.6 is 15.9 Å². The smallest absolute Gasteiger partial charge is 0.133 e. The molecule has 2 bridgehead atoms. The van der Waals surface area contributed by atoms with E-state index in [9.17, 15) is 5.11 Å². The molecule has 4 nitrogen and oxygen atoms in total. The van der Waals surface area contributed by atoms with Crippen LogP contribution in [-0.2, 0) is 0 Å². The zero-order valence-electron chi connectivity index (χ0n) is 9.80. The van der Waals surface area contributed by atoms with Crippen LogP contribution in [0.2, 0.25) is 0 Å². The van der Waals surface area contributed by atoms with Crippen LogP contribution in [-0.4, -0.2) is 33.3 Å². The number of anilines is 1. The summed E-state index contributed by atoms with van der Waals surface area (Å²) < 4.78 is 0.838. The van der Waals surface area contributed by atoms with Crippen LogP contribution in [0.3, 0.4) is 0 Å². The second kappa shape index (κ2) is 4.21. The number of fused-ring (bicyclic) bond motifs is 2. The topological polar surface area (TPSA) is 49.2 Å². The molecule has 0 saturated carbocycles. The number of piperidine rings is 1. The van der Waals surface area contributed by atoms with Gasteiger partial charge in [-0.15, -0.1) is 0 Å². The summed E-state index contributed by atoms with van der Waals surface area (Å²) >= 11 is 3.42. The molecule has 3 rings (SSSR count). The van der Waals surface area contributed by atoms with Crippen LogP contribution in [0, 0.1) is 6.92 Å². The molecule has 2 unspecified atom stereocenters. The quantitative estimate of drug-likeness (QED) is 0.806. The van der Waals surface area contributed by atoms with Crippen molar-refractivity contribution in [2.24, 2.45) is 0 Å². The molecular weight excluding hydrogens is 282 g/mol. The van der Waals surface area contributed by atoms with E-state index in [1.54, 1.807) is 0 Å². The van der Waals surface area contributed by atoms with Gasteiger partial charge >= 0.3 is 0 Å². The molecule has 0 spiro atoms. The zero-order chi connectivity index (χ0) is 12.0. The van der Waals surface area contributed by atoms with Gasteiger partial charge in [-0.3, -0.25) is 0 Å². The fourth-order valence-corrected chi connectivity index (χ4v) is 3.63. The minimum Gasteiger partial charge on any atom is -0.393 e. The van der Waals surface area contributed by atoms with Gasteiger partial charge in [0.25, 0.3) is 0 Å². The first-order valence-electron chi connectivity index (χ1n) is 6.11. The number of hydrogen-bond acceptors (Lipinski definition) is 4. The highest BCUT2D eigenvalue weighted by atomic mass is 79.9. The third-order valence-corrected chi connectivity index (χ3v) is 4.17. The molecule has 1 aromatic rings. The average molecular weight is 298 g/mol. The van der Waals surface area contributed by atoms with E-state index in [2.05, 4.69) is 30.8 Å². The van der Waals surface area contributed by atoms with E-state index in [4.69, 9.17) is 0 Å². The Hall–Kier alpha value is -0.680. The lowest BCUT2D eigenvalue weighted by molar-refractivity contribution is 0.126. The minimum atomic E-state index is -0.130. The molecule has 0 amide bonds. The molecule has 92 valence electrons. The van der Waals surface area contributed by atoms with Crippen molar-refractivity contribution in [1.82, 2.24) is 9.97 Å². The van der Waals surface area contributed by atoms with Crippen LogP contribution in [0.15, 0.2) is 10.7 Å². The van der Waals surface area contributed by atoms with Crippen molar-refractivity contribution in [3.8, 4) is 0 Å². The SMILES string of the molecule is Cc1nc(Br)cc(N2C3CCC2CC(O)C3)n1. The van der Waals surface area contributed by atoms with E-state index in [0.29, 0.717) is 12.1 Å². The van der Waals surface area contributed by atoms with Gasteiger partial charge in [0.1, 0.15) is 16.2 Å². The fraction of sp³-hybridized carbons (Fsp3) is 0.667. The Morgan fingerprint density at radius 1 is 1.29 bits per heavy atom. The first-order chi connectivity index (χ1) is 8.13. The molecule has 0 aliphatic carbocycles. The average Bonchev–Trinajstić information content (AvgIpc) is 2.50. The first kappa shape index (κ1) is 11.4. The molecule has 3 heterocycles. The maximum atomic E-state index is 9.80. The lowest BCUT2D eigenvalue weighted by Crippen LogP contribution is -2.45.